The molecule has 3 rings (SSSR count). The lowest BCUT2D eigenvalue weighted by Crippen LogP contribution is -2.25. The molecule has 0 spiro atoms. The number of amides is 2. The quantitative estimate of drug-likeness (QED) is 0.299. The van der Waals surface area contributed by atoms with Crippen molar-refractivity contribution in [2.24, 2.45) is 0 Å². The monoisotopic (exact) mass is 475 g/mol. The fraction of sp³-hybridized carbons (Fsp3) is 0.286. The lowest BCUT2D eigenvalue weighted by atomic mass is 10.1. The Hall–Kier alpha value is -3.84. The largest absolute Gasteiger partial charge is 0.491 e. The molecule has 184 valence electrons. The van der Waals surface area contributed by atoms with Crippen molar-refractivity contribution in [1.29, 1.82) is 0 Å². The minimum Gasteiger partial charge on any atom is -0.491 e. The summed E-state index contributed by atoms with van der Waals surface area (Å²) in [6.07, 6.45) is 2.61. The molecular weight excluding hydrogens is 442 g/mol. The fourth-order valence-electron chi connectivity index (χ4n) is 3.45. The summed E-state index contributed by atoms with van der Waals surface area (Å²) in [7, 11) is 1.63. The summed E-state index contributed by atoms with van der Waals surface area (Å²) in [6.45, 7) is 1.83. The molecule has 2 amide bonds. The van der Waals surface area contributed by atoms with Crippen LogP contribution in [0.2, 0.25) is 0 Å². The van der Waals surface area contributed by atoms with Crippen LogP contribution in [0.25, 0.3) is 0 Å². The minimum atomic E-state index is -0.194. The number of hydrogen-bond donors (Lipinski definition) is 3. The van der Waals surface area contributed by atoms with Crippen LogP contribution in [0.1, 0.15) is 28.8 Å². The van der Waals surface area contributed by atoms with Gasteiger partial charge in [-0.05, 0) is 61.2 Å². The van der Waals surface area contributed by atoms with E-state index in [-0.39, 0.29) is 18.4 Å². The third-order valence-electron chi connectivity index (χ3n) is 5.28. The van der Waals surface area contributed by atoms with Gasteiger partial charge in [-0.25, -0.2) is 0 Å². The van der Waals surface area contributed by atoms with E-state index in [1.54, 1.807) is 31.4 Å². The van der Waals surface area contributed by atoms with E-state index in [1.165, 1.54) is 5.56 Å². The molecule has 0 saturated carbocycles. The maximum atomic E-state index is 12.4. The Morgan fingerprint density at radius 2 is 1.57 bits per heavy atom. The number of para-hydroxylation sites is 2. The first-order valence-electron chi connectivity index (χ1n) is 11.8. The Morgan fingerprint density at radius 3 is 2.34 bits per heavy atom. The zero-order valence-corrected chi connectivity index (χ0v) is 20.1. The lowest BCUT2D eigenvalue weighted by Gasteiger charge is -2.13. The zero-order chi connectivity index (χ0) is 24.7. The molecule has 0 bridgehead atoms. The summed E-state index contributed by atoms with van der Waals surface area (Å²) in [6, 6.07) is 24.7. The van der Waals surface area contributed by atoms with Crippen molar-refractivity contribution in [2.45, 2.75) is 19.3 Å². The van der Waals surface area contributed by atoms with Crippen LogP contribution in [-0.4, -0.2) is 45.2 Å². The highest BCUT2D eigenvalue weighted by Gasteiger charge is 2.08. The lowest BCUT2D eigenvalue weighted by molar-refractivity contribution is -0.114. The second-order valence-corrected chi connectivity index (χ2v) is 8.02. The molecule has 3 N–H and O–H groups in total. The highest BCUT2D eigenvalue weighted by molar-refractivity contribution is 5.96. The van der Waals surface area contributed by atoms with E-state index in [1.807, 2.05) is 42.5 Å². The Bertz CT molecular complexity index is 1060. The van der Waals surface area contributed by atoms with E-state index in [2.05, 4.69) is 28.1 Å². The van der Waals surface area contributed by atoms with Gasteiger partial charge >= 0.3 is 0 Å². The molecule has 0 fully saturated rings. The Kier molecular flexibility index (Phi) is 10.6. The average Bonchev–Trinajstić information content (AvgIpc) is 2.89. The number of methoxy groups -OCH3 is 1. The Labute approximate surface area is 206 Å². The van der Waals surface area contributed by atoms with Gasteiger partial charge in [-0.2, -0.15) is 0 Å². The summed E-state index contributed by atoms with van der Waals surface area (Å²) >= 11 is 0. The number of hydrogen-bond acceptors (Lipinski definition) is 5. The topological polar surface area (TPSA) is 88.7 Å². The summed E-state index contributed by atoms with van der Waals surface area (Å²) < 4.78 is 10.9. The van der Waals surface area contributed by atoms with Crippen molar-refractivity contribution >= 4 is 23.2 Å². The number of nitrogens with one attached hydrogen (secondary N) is 3. The summed E-state index contributed by atoms with van der Waals surface area (Å²) in [5.74, 6) is 0.371. The van der Waals surface area contributed by atoms with Crippen LogP contribution in [-0.2, 0) is 16.0 Å². The van der Waals surface area contributed by atoms with Gasteiger partial charge in [0, 0.05) is 31.5 Å². The van der Waals surface area contributed by atoms with Gasteiger partial charge in [0.15, 0.2) is 0 Å². The number of carbonyl (C=O) groups is 2. The number of benzene rings is 3. The maximum absolute atomic E-state index is 12.4. The van der Waals surface area contributed by atoms with Crippen LogP contribution in [0, 0.1) is 0 Å². The molecule has 0 heterocycles. The van der Waals surface area contributed by atoms with E-state index < -0.39 is 0 Å². The fourth-order valence-corrected chi connectivity index (χ4v) is 3.45. The van der Waals surface area contributed by atoms with Gasteiger partial charge in [-0.15, -0.1) is 0 Å². The predicted octanol–water partition coefficient (Wildman–Crippen LogP) is 4.52. The number of carbonyl (C=O) groups excluding carboxylic acids is 2. The van der Waals surface area contributed by atoms with E-state index in [9.17, 15) is 9.59 Å². The normalized spacial score (nSPS) is 10.4. The van der Waals surface area contributed by atoms with Crippen molar-refractivity contribution in [1.82, 2.24) is 5.32 Å². The van der Waals surface area contributed by atoms with Crippen molar-refractivity contribution in [3.8, 4) is 5.75 Å². The molecule has 3 aromatic rings. The van der Waals surface area contributed by atoms with Gasteiger partial charge in [-0.3, -0.25) is 9.59 Å². The summed E-state index contributed by atoms with van der Waals surface area (Å²) in [4.78, 5) is 24.6. The minimum absolute atomic E-state index is 0.0894. The van der Waals surface area contributed by atoms with E-state index in [4.69, 9.17) is 9.47 Å². The first kappa shape index (κ1) is 25.8. The number of ether oxygens (including phenoxy) is 2. The van der Waals surface area contributed by atoms with Gasteiger partial charge < -0.3 is 25.4 Å². The molecule has 0 radical (unpaired) electrons. The summed E-state index contributed by atoms with van der Waals surface area (Å²) in [5.41, 5.74) is 3.22. The van der Waals surface area contributed by atoms with E-state index in [0.29, 0.717) is 36.8 Å². The second-order valence-electron chi connectivity index (χ2n) is 8.02. The van der Waals surface area contributed by atoms with Crippen LogP contribution in [0.5, 0.6) is 5.75 Å². The number of rotatable bonds is 14. The molecule has 0 aliphatic heterocycles. The van der Waals surface area contributed by atoms with E-state index >= 15 is 0 Å². The molecule has 0 aliphatic carbocycles. The molecular formula is C28H33N3O4. The standard InChI is InChI=1S/C28H33N3O4/c1-34-19-8-18-29-28(33)23-14-16-24(17-15-23)31-27(32)21-30-25-12-5-6-13-26(25)35-20-7-11-22-9-3-2-4-10-22/h2-6,9-10,12-17,30H,7-8,11,18-21H2,1H3,(H,29,33)(H,31,32). The molecule has 0 atom stereocenters. The van der Waals surface area contributed by atoms with Crippen LogP contribution in [0.4, 0.5) is 11.4 Å². The average molecular weight is 476 g/mol. The van der Waals surface area contributed by atoms with Gasteiger partial charge in [0.1, 0.15) is 5.75 Å². The van der Waals surface area contributed by atoms with Gasteiger partial charge in [-0.1, -0.05) is 42.5 Å². The van der Waals surface area contributed by atoms with E-state index in [0.717, 1.165) is 24.9 Å². The Balaban J connectivity index is 1.42. The Morgan fingerprint density at radius 1 is 0.829 bits per heavy atom. The maximum Gasteiger partial charge on any atom is 0.251 e. The third kappa shape index (κ3) is 9.14. The first-order valence-corrected chi connectivity index (χ1v) is 11.8. The first-order chi connectivity index (χ1) is 17.2. The number of anilines is 2. The molecule has 7 heteroatoms. The second kappa shape index (κ2) is 14.4. The molecule has 3 aromatic carbocycles. The van der Waals surface area contributed by atoms with Crippen molar-refractivity contribution < 1.29 is 19.1 Å². The highest BCUT2D eigenvalue weighted by Crippen LogP contribution is 2.24. The van der Waals surface area contributed by atoms with Crippen molar-refractivity contribution in [2.75, 3.05) is 44.0 Å². The summed E-state index contributed by atoms with van der Waals surface area (Å²) in [5, 5.41) is 8.82. The molecule has 0 unspecified atom stereocenters. The SMILES string of the molecule is COCCCNC(=O)c1ccc(NC(=O)CNc2ccccc2OCCCc2ccccc2)cc1. The zero-order valence-electron chi connectivity index (χ0n) is 20.1. The molecule has 0 aromatic heterocycles. The van der Waals surface area contributed by atoms with Crippen LogP contribution in [0.15, 0.2) is 78.9 Å². The van der Waals surface area contributed by atoms with Crippen molar-refractivity contribution in [3.05, 3.63) is 90.0 Å². The third-order valence-corrected chi connectivity index (χ3v) is 5.28. The number of aryl methyl sites for hydroxylation is 1. The molecule has 35 heavy (non-hydrogen) atoms. The smallest absolute Gasteiger partial charge is 0.251 e. The molecule has 0 saturated heterocycles. The van der Waals surface area contributed by atoms with Crippen LogP contribution < -0.4 is 20.7 Å². The van der Waals surface area contributed by atoms with Gasteiger partial charge in [0.25, 0.3) is 5.91 Å². The highest BCUT2D eigenvalue weighted by atomic mass is 16.5. The van der Waals surface area contributed by atoms with Crippen LogP contribution >= 0.6 is 0 Å². The van der Waals surface area contributed by atoms with Crippen molar-refractivity contribution in [3.63, 3.8) is 0 Å². The van der Waals surface area contributed by atoms with Gasteiger partial charge in [0.05, 0.1) is 18.8 Å². The van der Waals surface area contributed by atoms with Gasteiger partial charge in [0.2, 0.25) is 5.91 Å². The van der Waals surface area contributed by atoms with Crippen LogP contribution in [0.3, 0.4) is 0 Å². The predicted molar refractivity (Wildman–Crippen MR) is 139 cm³/mol. The molecule has 7 nitrogen and oxygen atoms in total. The molecule has 0 aliphatic rings.